The van der Waals surface area contributed by atoms with Gasteiger partial charge in [-0.2, -0.15) is 0 Å². The number of benzene rings is 1. The predicted octanol–water partition coefficient (Wildman–Crippen LogP) is 2.09. The zero-order valence-corrected chi connectivity index (χ0v) is 10.7. The number of aryl methyl sites for hydroxylation is 1. The molecule has 0 atom stereocenters. The fraction of sp³-hybridized carbons (Fsp3) is 0.333. The van der Waals surface area contributed by atoms with Crippen molar-refractivity contribution in [2.75, 3.05) is 7.11 Å². The molecule has 0 saturated heterocycles. The van der Waals surface area contributed by atoms with Gasteiger partial charge in [0.15, 0.2) is 0 Å². The average Bonchev–Trinajstić information content (AvgIpc) is 2.25. The second-order valence-corrected chi connectivity index (χ2v) is 5.72. The molecule has 0 N–H and O–H groups in total. The van der Waals surface area contributed by atoms with Crippen molar-refractivity contribution in [1.29, 1.82) is 0 Å². The summed E-state index contributed by atoms with van der Waals surface area (Å²) >= 11 is 0. The van der Waals surface area contributed by atoms with Crippen molar-refractivity contribution in [1.82, 2.24) is 0 Å². The molecule has 0 bridgehead atoms. The highest BCUT2D eigenvalue weighted by Gasteiger charge is 2.24. The van der Waals surface area contributed by atoms with Gasteiger partial charge < -0.3 is 4.74 Å². The molecule has 1 aromatic rings. The van der Waals surface area contributed by atoms with E-state index < -0.39 is 14.0 Å². The molecule has 17 heavy (non-hydrogen) atoms. The molecule has 1 rings (SSSR count). The van der Waals surface area contributed by atoms with Gasteiger partial charge in [-0.15, -0.1) is 0 Å². The highest BCUT2D eigenvalue weighted by atomic mass is 35.7. The van der Waals surface area contributed by atoms with Crippen LogP contribution in [0.15, 0.2) is 17.0 Å². The summed E-state index contributed by atoms with van der Waals surface area (Å²) in [5.41, 5.74) is 0.0859. The van der Waals surface area contributed by atoms with E-state index in [0.29, 0.717) is 12.0 Å². The maximum Gasteiger partial charge on any atom is 0.271 e. The van der Waals surface area contributed by atoms with Crippen LogP contribution in [0.25, 0.3) is 0 Å². The highest BCUT2D eigenvalue weighted by molar-refractivity contribution is 8.13. The smallest absolute Gasteiger partial charge is 0.271 e. The Balaban J connectivity index is 3.66. The molecule has 0 saturated carbocycles. The Bertz CT molecular complexity index is 555. The number of non-ortho nitro benzene ring substituents is 1. The van der Waals surface area contributed by atoms with Crippen molar-refractivity contribution >= 4 is 25.4 Å². The van der Waals surface area contributed by atoms with E-state index >= 15 is 0 Å². The van der Waals surface area contributed by atoms with Crippen LogP contribution in [-0.2, 0) is 15.5 Å². The van der Waals surface area contributed by atoms with Gasteiger partial charge in [0.25, 0.3) is 14.7 Å². The predicted molar refractivity (Wildman–Crippen MR) is 62.1 cm³/mol. The molecule has 0 radical (unpaired) electrons. The van der Waals surface area contributed by atoms with Crippen LogP contribution in [0.4, 0.5) is 5.69 Å². The summed E-state index contributed by atoms with van der Waals surface area (Å²) in [6.07, 6.45) is 0.393. The zero-order chi connectivity index (χ0) is 13.2. The van der Waals surface area contributed by atoms with E-state index in [2.05, 4.69) is 0 Å². The van der Waals surface area contributed by atoms with Gasteiger partial charge in [-0.25, -0.2) is 8.42 Å². The number of ether oxygens (including phenoxy) is 1. The standard InChI is InChI=1S/C9H10ClNO5S/c1-3-6-4-7(11(12)13)5-8(9(6)16-2)17(10,14)15/h4-5H,3H2,1-2H3. The average molecular weight is 280 g/mol. The molecule has 0 aromatic heterocycles. The lowest BCUT2D eigenvalue weighted by molar-refractivity contribution is -0.385. The largest absolute Gasteiger partial charge is 0.495 e. The van der Waals surface area contributed by atoms with Crippen LogP contribution in [0.1, 0.15) is 12.5 Å². The first-order valence-corrected chi connectivity index (χ1v) is 6.92. The second-order valence-electron chi connectivity index (χ2n) is 3.18. The first-order valence-electron chi connectivity index (χ1n) is 4.61. The molecule has 8 heteroatoms. The van der Waals surface area contributed by atoms with Gasteiger partial charge in [0.05, 0.1) is 12.0 Å². The van der Waals surface area contributed by atoms with Gasteiger partial charge in [-0.3, -0.25) is 10.1 Å². The SMILES string of the molecule is CCc1cc([N+](=O)[O-])cc(S(=O)(=O)Cl)c1OC. The molecule has 0 aliphatic rings. The van der Waals surface area contributed by atoms with E-state index in [1.165, 1.54) is 13.2 Å². The quantitative estimate of drug-likeness (QED) is 0.478. The van der Waals surface area contributed by atoms with E-state index in [-0.39, 0.29) is 16.3 Å². The molecule has 6 nitrogen and oxygen atoms in total. The highest BCUT2D eigenvalue weighted by Crippen LogP contribution is 2.34. The molecule has 0 amide bonds. The lowest BCUT2D eigenvalue weighted by Crippen LogP contribution is -2.02. The fourth-order valence-electron chi connectivity index (χ4n) is 1.42. The van der Waals surface area contributed by atoms with Crippen LogP contribution in [-0.4, -0.2) is 20.5 Å². The van der Waals surface area contributed by atoms with Gasteiger partial charge in [0.2, 0.25) is 0 Å². The summed E-state index contributed by atoms with van der Waals surface area (Å²) < 4.78 is 27.6. The summed E-state index contributed by atoms with van der Waals surface area (Å²) in [7, 11) is 2.41. The molecular formula is C9H10ClNO5S. The van der Waals surface area contributed by atoms with E-state index in [4.69, 9.17) is 15.4 Å². The summed E-state index contributed by atoms with van der Waals surface area (Å²) in [5, 5.41) is 10.7. The number of halogens is 1. The van der Waals surface area contributed by atoms with Gasteiger partial charge in [-0.05, 0) is 6.42 Å². The third kappa shape index (κ3) is 2.86. The van der Waals surface area contributed by atoms with Crippen LogP contribution in [0.2, 0.25) is 0 Å². The Morgan fingerprint density at radius 2 is 2.06 bits per heavy atom. The number of rotatable bonds is 4. The Morgan fingerprint density at radius 1 is 1.47 bits per heavy atom. The molecule has 0 aliphatic carbocycles. The van der Waals surface area contributed by atoms with Gasteiger partial charge in [0.1, 0.15) is 10.6 Å². The number of hydrogen-bond acceptors (Lipinski definition) is 5. The number of hydrogen-bond donors (Lipinski definition) is 0. The molecule has 1 aromatic carbocycles. The molecular weight excluding hydrogens is 270 g/mol. The molecule has 0 unspecified atom stereocenters. The van der Waals surface area contributed by atoms with Crippen LogP contribution in [0, 0.1) is 10.1 Å². The lowest BCUT2D eigenvalue weighted by atomic mass is 10.1. The number of nitrogens with zero attached hydrogens (tertiary/aromatic N) is 1. The van der Waals surface area contributed by atoms with Crippen molar-refractivity contribution < 1.29 is 18.1 Å². The zero-order valence-electron chi connectivity index (χ0n) is 9.14. The number of nitro groups is 1. The van der Waals surface area contributed by atoms with Crippen molar-refractivity contribution in [3.05, 3.63) is 27.8 Å². The second kappa shape index (κ2) is 4.89. The van der Waals surface area contributed by atoms with Crippen molar-refractivity contribution in [3.63, 3.8) is 0 Å². The van der Waals surface area contributed by atoms with Gasteiger partial charge in [0, 0.05) is 28.4 Å². The summed E-state index contributed by atoms with van der Waals surface area (Å²) in [4.78, 5) is 9.62. The first kappa shape index (κ1) is 13.7. The molecule has 0 fully saturated rings. The first-order chi connectivity index (χ1) is 7.81. The molecule has 0 spiro atoms. The molecule has 0 heterocycles. The van der Waals surface area contributed by atoms with Crippen LogP contribution < -0.4 is 4.74 Å². The Hall–Kier alpha value is -1.34. The number of methoxy groups -OCH3 is 1. The Labute approximate surface area is 103 Å². The summed E-state index contributed by atoms with van der Waals surface area (Å²) in [6.45, 7) is 1.73. The maximum atomic E-state index is 11.3. The minimum absolute atomic E-state index is 0.0492. The minimum Gasteiger partial charge on any atom is -0.495 e. The third-order valence-corrected chi connectivity index (χ3v) is 3.50. The molecule has 94 valence electrons. The third-order valence-electron chi connectivity index (χ3n) is 2.18. The Morgan fingerprint density at radius 3 is 2.41 bits per heavy atom. The van der Waals surface area contributed by atoms with Crippen molar-refractivity contribution in [2.45, 2.75) is 18.2 Å². The van der Waals surface area contributed by atoms with Gasteiger partial charge >= 0.3 is 0 Å². The maximum absolute atomic E-state index is 11.3. The van der Waals surface area contributed by atoms with Crippen molar-refractivity contribution in [2.24, 2.45) is 0 Å². The van der Waals surface area contributed by atoms with E-state index in [1.807, 2.05) is 0 Å². The Kier molecular flexibility index (Phi) is 3.94. The summed E-state index contributed by atoms with van der Waals surface area (Å²) in [5.74, 6) is 0.0492. The summed E-state index contributed by atoms with van der Waals surface area (Å²) in [6, 6.07) is 2.16. The van der Waals surface area contributed by atoms with Crippen molar-refractivity contribution in [3.8, 4) is 5.75 Å². The van der Waals surface area contributed by atoms with Crippen LogP contribution >= 0.6 is 10.7 Å². The molecule has 0 aliphatic heterocycles. The lowest BCUT2D eigenvalue weighted by Gasteiger charge is -2.10. The number of nitro benzene ring substituents is 1. The fourth-order valence-corrected chi connectivity index (χ4v) is 2.47. The van der Waals surface area contributed by atoms with Crippen LogP contribution in [0.3, 0.4) is 0 Å². The van der Waals surface area contributed by atoms with Crippen LogP contribution in [0.5, 0.6) is 5.75 Å². The topological polar surface area (TPSA) is 86.5 Å². The minimum atomic E-state index is -4.09. The van der Waals surface area contributed by atoms with Gasteiger partial charge in [-0.1, -0.05) is 6.92 Å². The van der Waals surface area contributed by atoms with E-state index in [9.17, 15) is 18.5 Å². The van der Waals surface area contributed by atoms with E-state index in [1.54, 1.807) is 6.92 Å². The van der Waals surface area contributed by atoms with E-state index in [0.717, 1.165) is 6.07 Å². The monoisotopic (exact) mass is 279 g/mol. The normalized spacial score (nSPS) is 11.2.